The SMILES string of the molecule is C=C1/C=C(/C)CC(C)C/C=C(/CC(C)C)C(=C)/C=C(/C)C(C)(NC)C1. The van der Waals surface area contributed by atoms with E-state index in [4.69, 9.17) is 0 Å². The van der Waals surface area contributed by atoms with Crippen molar-refractivity contribution in [2.45, 2.75) is 72.8 Å². The highest BCUT2D eigenvalue weighted by molar-refractivity contribution is 5.42. The highest BCUT2D eigenvalue weighted by Gasteiger charge is 2.25. The van der Waals surface area contributed by atoms with Gasteiger partial charge in [-0.2, -0.15) is 0 Å². The standard InChI is InChI=1S/C24H39N/c1-17(2)12-23-11-10-18(3)13-19(4)14-20(5)16-24(8,25-9)22(7)15-21(23)6/h11,14-15,17-18,25H,5-6,10,12-13,16H2,1-4,7-9H3/b19-14-,22-15-,23-11-. The van der Waals surface area contributed by atoms with E-state index in [1.54, 1.807) is 0 Å². The summed E-state index contributed by atoms with van der Waals surface area (Å²) < 4.78 is 0. The number of hydrogen-bond acceptors (Lipinski definition) is 1. The molecule has 0 fully saturated rings. The molecular weight excluding hydrogens is 302 g/mol. The second-order valence-corrected chi connectivity index (χ2v) is 8.63. The molecule has 0 aromatic heterocycles. The molecule has 0 saturated heterocycles. The minimum Gasteiger partial charge on any atom is -0.311 e. The number of rotatable bonds is 3. The van der Waals surface area contributed by atoms with Crippen molar-refractivity contribution >= 4 is 0 Å². The van der Waals surface area contributed by atoms with Gasteiger partial charge in [0.2, 0.25) is 0 Å². The van der Waals surface area contributed by atoms with Crippen LogP contribution >= 0.6 is 0 Å². The number of likely N-dealkylation sites (N-methyl/N-ethyl adjacent to an activating group) is 1. The Kier molecular flexibility index (Phi) is 8.15. The van der Waals surface area contributed by atoms with Crippen molar-refractivity contribution in [3.8, 4) is 0 Å². The molecule has 0 saturated carbocycles. The van der Waals surface area contributed by atoms with Gasteiger partial charge >= 0.3 is 0 Å². The highest BCUT2D eigenvalue weighted by Crippen LogP contribution is 2.30. The van der Waals surface area contributed by atoms with Crippen molar-refractivity contribution in [1.82, 2.24) is 5.32 Å². The van der Waals surface area contributed by atoms with E-state index in [1.807, 2.05) is 7.05 Å². The third-order valence-electron chi connectivity index (χ3n) is 5.32. The smallest absolute Gasteiger partial charge is 0.0403 e. The molecule has 1 aliphatic rings. The fourth-order valence-corrected chi connectivity index (χ4v) is 3.61. The average molecular weight is 342 g/mol. The van der Waals surface area contributed by atoms with Gasteiger partial charge in [0.05, 0.1) is 0 Å². The molecule has 0 aliphatic heterocycles. The molecule has 0 radical (unpaired) electrons. The molecular formula is C24H39N. The van der Waals surface area contributed by atoms with Crippen LogP contribution in [0.1, 0.15) is 67.2 Å². The van der Waals surface area contributed by atoms with Crippen molar-refractivity contribution < 1.29 is 0 Å². The lowest BCUT2D eigenvalue weighted by atomic mass is 9.84. The van der Waals surface area contributed by atoms with E-state index in [0.717, 1.165) is 31.3 Å². The van der Waals surface area contributed by atoms with E-state index in [2.05, 4.69) is 78.2 Å². The van der Waals surface area contributed by atoms with Crippen LogP contribution in [-0.2, 0) is 0 Å². The summed E-state index contributed by atoms with van der Waals surface area (Å²) in [5, 5.41) is 3.51. The monoisotopic (exact) mass is 341 g/mol. The van der Waals surface area contributed by atoms with Gasteiger partial charge in [-0.15, -0.1) is 0 Å². The van der Waals surface area contributed by atoms with Crippen LogP contribution in [0.3, 0.4) is 0 Å². The van der Waals surface area contributed by atoms with Gasteiger partial charge in [0, 0.05) is 5.54 Å². The zero-order valence-electron chi connectivity index (χ0n) is 17.6. The molecule has 1 aliphatic carbocycles. The van der Waals surface area contributed by atoms with Gasteiger partial charge in [0.1, 0.15) is 0 Å². The average Bonchev–Trinajstić information content (AvgIpc) is 2.49. The van der Waals surface area contributed by atoms with Crippen LogP contribution in [0.15, 0.2) is 59.3 Å². The summed E-state index contributed by atoms with van der Waals surface area (Å²) >= 11 is 0. The lowest BCUT2D eigenvalue weighted by Gasteiger charge is -2.31. The number of allylic oxidation sites excluding steroid dienone is 6. The zero-order chi connectivity index (χ0) is 19.2. The van der Waals surface area contributed by atoms with Crippen molar-refractivity contribution in [2.75, 3.05) is 7.05 Å². The zero-order valence-corrected chi connectivity index (χ0v) is 17.6. The summed E-state index contributed by atoms with van der Waals surface area (Å²) in [6.45, 7) is 22.3. The van der Waals surface area contributed by atoms with Crippen molar-refractivity contribution in [3.05, 3.63) is 59.3 Å². The minimum atomic E-state index is -0.0978. The van der Waals surface area contributed by atoms with Crippen molar-refractivity contribution in [3.63, 3.8) is 0 Å². The summed E-state index contributed by atoms with van der Waals surface area (Å²) in [5.74, 6) is 1.28. The third-order valence-corrected chi connectivity index (χ3v) is 5.32. The first-order valence-electron chi connectivity index (χ1n) is 9.68. The maximum absolute atomic E-state index is 4.40. The normalized spacial score (nSPS) is 33.3. The summed E-state index contributed by atoms with van der Waals surface area (Å²) in [6, 6.07) is 0. The first-order chi connectivity index (χ1) is 11.6. The minimum absolute atomic E-state index is 0.0978. The molecule has 0 spiro atoms. The van der Waals surface area contributed by atoms with E-state index in [1.165, 1.54) is 22.3 Å². The molecule has 0 amide bonds. The van der Waals surface area contributed by atoms with E-state index >= 15 is 0 Å². The van der Waals surface area contributed by atoms with Crippen LogP contribution in [0, 0.1) is 11.8 Å². The molecule has 25 heavy (non-hydrogen) atoms. The maximum atomic E-state index is 4.40. The third kappa shape index (κ3) is 6.82. The molecule has 0 heterocycles. The van der Waals surface area contributed by atoms with Gasteiger partial charge in [0.15, 0.2) is 0 Å². The molecule has 0 aromatic carbocycles. The number of nitrogens with one attached hydrogen (secondary N) is 1. The Morgan fingerprint density at radius 2 is 1.88 bits per heavy atom. The van der Waals surface area contributed by atoms with Crippen LogP contribution in [0.2, 0.25) is 0 Å². The van der Waals surface area contributed by atoms with Crippen LogP contribution < -0.4 is 5.32 Å². The van der Waals surface area contributed by atoms with Gasteiger partial charge in [-0.3, -0.25) is 0 Å². The van der Waals surface area contributed by atoms with Crippen LogP contribution in [0.4, 0.5) is 0 Å². The Bertz CT molecular complexity index is 585. The second kappa shape index (κ2) is 9.38. The van der Waals surface area contributed by atoms with Gasteiger partial charge in [-0.05, 0) is 76.5 Å². The van der Waals surface area contributed by atoms with Crippen LogP contribution in [0.25, 0.3) is 0 Å². The van der Waals surface area contributed by atoms with E-state index in [0.29, 0.717) is 11.8 Å². The molecule has 2 unspecified atom stereocenters. The van der Waals surface area contributed by atoms with Crippen LogP contribution in [-0.4, -0.2) is 12.6 Å². The van der Waals surface area contributed by atoms with Crippen molar-refractivity contribution in [2.24, 2.45) is 11.8 Å². The first kappa shape index (κ1) is 21.7. The fourth-order valence-electron chi connectivity index (χ4n) is 3.61. The molecule has 0 bridgehead atoms. The number of hydrogen-bond donors (Lipinski definition) is 1. The van der Waals surface area contributed by atoms with E-state index in [-0.39, 0.29) is 5.54 Å². The predicted octanol–water partition coefficient (Wildman–Crippen LogP) is 6.76. The van der Waals surface area contributed by atoms with Crippen molar-refractivity contribution in [1.29, 1.82) is 0 Å². The predicted molar refractivity (Wildman–Crippen MR) is 114 cm³/mol. The summed E-state index contributed by atoms with van der Waals surface area (Å²) in [4.78, 5) is 0. The summed E-state index contributed by atoms with van der Waals surface area (Å²) in [5.41, 5.74) is 6.39. The Labute approximate surface area is 156 Å². The molecule has 2 atom stereocenters. The quantitative estimate of drug-likeness (QED) is 0.598. The largest absolute Gasteiger partial charge is 0.311 e. The molecule has 1 N–H and O–H groups in total. The topological polar surface area (TPSA) is 12.0 Å². The molecule has 1 nitrogen and oxygen atoms in total. The van der Waals surface area contributed by atoms with E-state index < -0.39 is 0 Å². The van der Waals surface area contributed by atoms with Gasteiger partial charge in [-0.1, -0.05) is 68.9 Å². The first-order valence-corrected chi connectivity index (χ1v) is 9.68. The fraction of sp³-hybridized carbons (Fsp3) is 0.583. The second-order valence-electron chi connectivity index (χ2n) is 8.63. The molecule has 140 valence electrons. The molecule has 1 rings (SSSR count). The lowest BCUT2D eigenvalue weighted by Crippen LogP contribution is -2.41. The summed E-state index contributed by atoms with van der Waals surface area (Å²) in [6.07, 6.45) is 11.2. The maximum Gasteiger partial charge on any atom is 0.0403 e. The Morgan fingerprint density at radius 1 is 1.24 bits per heavy atom. The Hall–Kier alpha value is -1.34. The molecule has 1 heteroatoms. The summed E-state index contributed by atoms with van der Waals surface area (Å²) in [7, 11) is 2.04. The van der Waals surface area contributed by atoms with Gasteiger partial charge < -0.3 is 5.32 Å². The molecule has 0 aromatic rings. The Balaban J connectivity index is 3.33. The van der Waals surface area contributed by atoms with Crippen LogP contribution in [0.5, 0.6) is 0 Å². The Morgan fingerprint density at radius 3 is 2.44 bits per heavy atom. The lowest BCUT2D eigenvalue weighted by molar-refractivity contribution is 0.450. The van der Waals surface area contributed by atoms with Gasteiger partial charge in [-0.25, -0.2) is 0 Å². The highest BCUT2D eigenvalue weighted by atomic mass is 14.9. The van der Waals surface area contributed by atoms with E-state index in [9.17, 15) is 0 Å². The van der Waals surface area contributed by atoms with Gasteiger partial charge in [0.25, 0.3) is 0 Å².